The van der Waals surface area contributed by atoms with Crippen LogP contribution in [0.25, 0.3) is 10.9 Å². The maximum Gasteiger partial charge on any atom is 0.252 e. The first-order valence-electron chi connectivity index (χ1n) is 6.88. The lowest BCUT2D eigenvalue weighted by Gasteiger charge is -2.23. The lowest BCUT2D eigenvalue weighted by molar-refractivity contribution is 0.0229. The van der Waals surface area contributed by atoms with Crippen LogP contribution in [0.3, 0.4) is 0 Å². The number of methoxy groups -OCH3 is 1. The molecular weight excluding hydrogens is 266 g/mol. The lowest BCUT2D eigenvalue weighted by Crippen LogP contribution is -2.39. The van der Waals surface area contributed by atoms with Gasteiger partial charge in [0.2, 0.25) is 0 Å². The number of fused-ring (bicyclic) bond motifs is 1. The molecule has 0 aliphatic carbocycles. The summed E-state index contributed by atoms with van der Waals surface area (Å²) in [7, 11) is 3.42. The van der Waals surface area contributed by atoms with E-state index in [9.17, 15) is 4.79 Å². The number of nitrogens with one attached hydrogen (secondary N) is 2. The first kappa shape index (κ1) is 15.3. The molecular formula is C16H21N3O2. The van der Waals surface area contributed by atoms with Crippen molar-refractivity contribution in [2.45, 2.75) is 19.4 Å². The van der Waals surface area contributed by atoms with Crippen LogP contribution in [0.2, 0.25) is 0 Å². The second-order valence-corrected chi connectivity index (χ2v) is 5.47. The first-order valence-corrected chi connectivity index (χ1v) is 6.88. The summed E-state index contributed by atoms with van der Waals surface area (Å²) < 4.78 is 5.32. The first-order chi connectivity index (χ1) is 9.96. The molecule has 0 spiro atoms. The number of nitrogens with zero attached hydrogens (tertiary/aromatic N) is 1. The van der Waals surface area contributed by atoms with Crippen molar-refractivity contribution in [2.75, 3.05) is 26.0 Å². The third-order valence-electron chi connectivity index (χ3n) is 3.44. The molecule has 5 heteroatoms. The summed E-state index contributed by atoms with van der Waals surface area (Å²) >= 11 is 0. The van der Waals surface area contributed by atoms with Gasteiger partial charge in [0.15, 0.2) is 0 Å². The molecule has 0 aliphatic rings. The van der Waals surface area contributed by atoms with Gasteiger partial charge in [-0.3, -0.25) is 4.79 Å². The second kappa shape index (κ2) is 6.10. The van der Waals surface area contributed by atoms with Gasteiger partial charge >= 0.3 is 0 Å². The fraction of sp³-hybridized carbons (Fsp3) is 0.375. The molecule has 1 heterocycles. The van der Waals surface area contributed by atoms with Gasteiger partial charge in [-0.25, -0.2) is 4.98 Å². The van der Waals surface area contributed by atoms with Crippen LogP contribution in [-0.2, 0) is 4.74 Å². The van der Waals surface area contributed by atoms with Gasteiger partial charge in [0.05, 0.1) is 16.7 Å². The highest BCUT2D eigenvalue weighted by Crippen LogP contribution is 2.20. The molecule has 0 aliphatic heterocycles. The molecule has 2 aromatic rings. The summed E-state index contributed by atoms with van der Waals surface area (Å²) in [5.41, 5.74) is 1.00. The Bertz CT molecular complexity index is 653. The Morgan fingerprint density at radius 3 is 2.71 bits per heavy atom. The minimum absolute atomic E-state index is 0.129. The van der Waals surface area contributed by atoms with Crippen LogP contribution in [-0.4, -0.2) is 37.2 Å². The molecule has 0 saturated carbocycles. The van der Waals surface area contributed by atoms with E-state index in [-0.39, 0.29) is 5.91 Å². The van der Waals surface area contributed by atoms with Crippen molar-refractivity contribution in [3.05, 3.63) is 35.9 Å². The fourth-order valence-corrected chi connectivity index (χ4v) is 1.95. The van der Waals surface area contributed by atoms with E-state index in [1.165, 1.54) is 0 Å². The number of ether oxygens (including phenoxy) is 1. The van der Waals surface area contributed by atoms with Gasteiger partial charge < -0.3 is 15.4 Å². The van der Waals surface area contributed by atoms with Crippen molar-refractivity contribution in [1.29, 1.82) is 0 Å². The monoisotopic (exact) mass is 287 g/mol. The third-order valence-corrected chi connectivity index (χ3v) is 3.44. The highest BCUT2D eigenvalue weighted by molar-refractivity contribution is 6.07. The summed E-state index contributed by atoms with van der Waals surface area (Å²) in [4.78, 5) is 16.9. The van der Waals surface area contributed by atoms with Gasteiger partial charge in [-0.2, -0.15) is 0 Å². The number of aromatic nitrogens is 1. The zero-order chi connectivity index (χ0) is 15.5. The van der Waals surface area contributed by atoms with E-state index in [4.69, 9.17) is 4.74 Å². The average Bonchev–Trinajstić information content (AvgIpc) is 2.51. The standard InChI is InChI=1S/C16H21N3O2/c1-16(2,21-4)10-18-15(20)12-9-14(17-3)19-13-8-6-5-7-11(12)13/h5-9H,10H2,1-4H3,(H,17,19)(H,18,20). The van der Waals surface area contributed by atoms with E-state index in [2.05, 4.69) is 15.6 Å². The molecule has 0 atom stereocenters. The minimum Gasteiger partial charge on any atom is -0.377 e. The van der Waals surface area contributed by atoms with Crippen LogP contribution in [0.15, 0.2) is 30.3 Å². The fourth-order valence-electron chi connectivity index (χ4n) is 1.95. The molecule has 0 saturated heterocycles. The number of hydrogen-bond acceptors (Lipinski definition) is 4. The van der Waals surface area contributed by atoms with Crippen molar-refractivity contribution < 1.29 is 9.53 Å². The topological polar surface area (TPSA) is 63.2 Å². The molecule has 0 radical (unpaired) electrons. The number of anilines is 1. The highest BCUT2D eigenvalue weighted by Gasteiger charge is 2.19. The smallest absolute Gasteiger partial charge is 0.252 e. The predicted molar refractivity (Wildman–Crippen MR) is 84.7 cm³/mol. The summed E-state index contributed by atoms with van der Waals surface area (Å²) in [6.45, 7) is 4.29. The van der Waals surface area contributed by atoms with Crippen molar-refractivity contribution in [1.82, 2.24) is 10.3 Å². The molecule has 112 valence electrons. The van der Waals surface area contributed by atoms with Crippen LogP contribution in [0.5, 0.6) is 0 Å². The number of para-hydroxylation sites is 1. The summed E-state index contributed by atoms with van der Waals surface area (Å²) in [6.07, 6.45) is 0. The Morgan fingerprint density at radius 1 is 1.33 bits per heavy atom. The molecule has 5 nitrogen and oxygen atoms in total. The number of hydrogen-bond donors (Lipinski definition) is 2. The quantitative estimate of drug-likeness (QED) is 0.886. The number of carbonyl (C=O) groups is 1. The molecule has 1 aromatic carbocycles. The Labute approximate surface area is 124 Å². The minimum atomic E-state index is -0.398. The van der Waals surface area contributed by atoms with Crippen molar-refractivity contribution in [3.63, 3.8) is 0 Å². The molecule has 0 unspecified atom stereocenters. The number of pyridine rings is 1. The van der Waals surface area contributed by atoms with Crippen molar-refractivity contribution >= 4 is 22.6 Å². The second-order valence-electron chi connectivity index (χ2n) is 5.47. The number of amides is 1. The SMILES string of the molecule is CNc1cc(C(=O)NCC(C)(C)OC)c2ccccc2n1. The van der Waals surface area contributed by atoms with Gasteiger partial charge in [0.1, 0.15) is 5.82 Å². The Hall–Kier alpha value is -2.14. The molecule has 2 rings (SSSR count). The van der Waals surface area contributed by atoms with Crippen LogP contribution >= 0.6 is 0 Å². The van der Waals surface area contributed by atoms with Crippen LogP contribution in [0.4, 0.5) is 5.82 Å². The maximum atomic E-state index is 12.5. The molecule has 1 aromatic heterocycles. The van der Waals surface area contributed by atoms with Gasteiger partial charge in [-0.15, -0.1) is 0 Å². The molecule has 21 heavy (non-hydrogen) atoms. The third kappa shape index (κ3) is 3.49. The highest BCUT2D eigenvalue weighted by atomic mass is 16.5. The van der Waals surface area contributed by atoms with Gasteiger partial charge in [-0.05, 0) is 26.0 Å². The zero-order valence-corrected chi connectivity index (χ0v) is 12.9. The number of benzene rings is 1. The van der Waals surface area contributed by atoms with Gasteiger partial charge in [-0.1, -0.05) is 18.2 Å². The molecule has 0 bridgehead atoms. The molecule has 0 fully saturated rings. The summed E-state index contributed by atoms with van der Waals surface area (Å²) in [5, 5.41) is 6.73. The van der Waals surface area contributed by atoms with E-state index in [1.54, 1.807) is 20.2 Å². The maximum absolute atomic E-state index is 12.5. The van der Waals surface area contributed by atoms with Crippen molar-refractivity contribution in [3.8, 4) is 0 Å². The number of rotatable bonds is 5. The van der Waals surface area contributed by atoms with E-state index < -0.39 is 5.60 Å². The van der Waals surface area contributed by atoms with Crippen LogP contribution in [0, 0.1) is 0 Å². The van der Waals surface area contributed by atoms with E-state index >= 15 is 0 Å². The summed E-state index contributed by atoms with van der Waals surface area (Å²) in [5.74, 6) is 0.542. The Morgan fingerprint density at radius 2 is 2.05 bits per heavy atom. The Balaban J connectivity index is 2.34. The van der Waals surface area contributed by atoms with Crippen LogP contribution < -0.4 is 10.6 Å². The summed E-state index contributed by atoms with van der Waals surface area (Å²) in [6, 6.07) is 9.37. The van der Waals surface area contributed by atoms with Gasteiger partial charge in [0.25, 0.3) is 5.91 Å². The largest absolute Gasteiger partial charge is 0.377 e. The van der Waals surface area contributed by atoms with Gasteiger partial charge in [0, 0.05) is 26.1 Å². The Kier molecular flexibility index (Phi) is 4.43. The number of carbonyl (C=O) groups excluding carboxylic acids is 1. The predicted octanol–water partition coefficient (Wildman–Crippen LogP) is 2.43. The normalized spacial score (nSPS) is 11.4. The van der Waals surface area contributed by atoms with Crippen LogP contribution in [0.1, 0.15) is 24.2 Å². The van der Waals surface area contributed by atoms with E-state index in [0.717, 1.165) is 10.9 Å². The zero-order valence-electron chi connectivity index (χ0n) is 12.9. The van der Waals surface area contributed by atoms with E-state index in [1.807, 2.05) is 38.1 Å². The molecule has 1 amide bonds. The molecule has 2 N–H and O–H groups in total. The average molecular weight is 287 g/mol. The van der Waals surface area contributed by atoms with E-state index in [0.29, 0.717) is 17.9 Å². The van der Waals surface area contributed by atoms with Crippen molar-refractivity contribution in [2.24, 2.45) is 0 Å². The lowest BCUT2D eigenvalue weighted by atomic mass is 10.1.